The van der Waals surface area contributed by atoms with Crippen LogP contribution in [-0.4, -0.2) is 63.7 Å². The summed E-state index contributed by atoms with van der Waals surface area (Å²) >= 11 is 0. The molecule has 0 spiro atoms. The molecule has 0 bridgehead atoms. The SMILES string of the molecule is CC(O)CC1O[C@@H]2C[C@@H]3C([C@H](C)[C@H](O)[C@H]4[C@H]3CCC3=CC(=O)C=C[C@@]34C)[C@]2(C(=O)CO)O1. The van der Waals surface area contributed by atoms with Crippen molar-refractivity contribution in [3.63, 3.8) is 0 Å². The molecule has 7 heteroatoms. The number of carbonyl (C=O) groups is 2. The fourth-order valence-corrected chi connectivity index (χ4v) is 7.98. The predicted octanol–water partition coefficient (Wildman–Crippen LogP) is 1.54. The molecule has 4 fully saturated rings. The van der Waals surface area contributed by atoms with Gasteiger partial charge in [0.15, 0.2) is 23.5 Å². The molecular weight excluding hydrogens is 412 g/mol. The maximum absolute atomic E-state index is 13.2. The van der Waals surface area contributed by atoms with Crippen LogP contribution in [0.15, 0.2) is 23.8 Å². The standard InChI is InChI=1S/C25H34O7/c1-12(27)8-20-31-19-10-17-16-5-4-14-9-15(28)6-7-24(14,3)22(16)23(30)13(2)21(17)25(19,32-20)18(29)11-26/h6-7,9,12-13,16-17,19-23,26-27,30H,4-5,8,10-11H2,1-3H3/t12?,13-,16-,17-,19+,20?,21?,22+,23-,24-,25+/m0/s1. The number of rotatable bonds is 4. The largest absolute Gasteiger partial charge is 0.393 e. The highest BCUT2D eigenvalue weighted by Crippen LogP contribution is 2.66. The molecule has 1 heterocycles. The van der Waals surface area contributed by atoms with Crippen molar-refractivity contribution in [1.29, 1.82) is 0 Å². The third-order valence-electron chi connectivity index (χ3n) is 9.20. The Bertz CT molecular complexity index is 878. The number of ketones is 2. The van der Waals surface area contributed by atoms with Crippen LogP contribution in [0.4, 0.5) is 0 Å². The highest BCUT2D eigenvalue weighted by Gasteiger charge is 2.72. The first-order chi connectivity index (χ1) is 15.1. The van der Waals surface area contributed by atoms with Crippen molar-refractivity contribution in [1.82, 2.24) is 0 Å². The van der Waals surface area contributed by atoms with Crippen molar-refractivity contribution in [2.45, 2.75) is 76.7 Å². The minimum Gasteiger partial charge on any atom is -0.393 e. The van der Waals surface area contributed by atoms with Crippen LogP contribution >= 0.6 is 0 Å². The van der Waals surface area contributed by atoms with Crippen molar-refractivity contribution in [2.75, 3.05) is 6.61 Å². The first-order valence-corrected chi connectivity index (χ1v) is 11.9. The van der Waals surface area contributed by atoms with Gasteiger partial charge in [0.2, 0.25) is 0 Å². The van der Waals surface area contributed by atoms with Crippen LogP contribution in [0, 0.1) is 35.0 Å². The molecule has 3 saturated carbocycles. The second kappa shape index (κ2) is 7.57. The smallest absolute Gasteiger partial charge is 0.192 e. The lowest BCUT2D eigenvalue weighted by Crippen LogP contribution is -2.61. The van der Waals surface area contributed by atoms with Crippen molar-refractivity contribution in [3.05, 3.63) is 23.8 Å². The second-order valence-electron chi connectivity index (χ2n) is 10.8. The summed E-state index contributed by atoms with van der Waals surface area (Å²) in [6, 6.07) is 0. The van der Waals surface area contributed by atoms with E-state index in [0.717, 1.165) is 18.4 Å². The molecule has 3 unspecified atom stereocenters. The molecule has 3 N–H and O–H groups in total. The third-order valence-corrected chi connectivity index (χ3v) is 9.20. The average molecular weight is 447 g/mol. The Kier molecular flexibility index (Phi) is 5.30. The Morgan fingerprint density at radius 1 is 1.31 bits per heavy atom. The van der Waals surface area contributed by atoms with E-state index in [2.05, 4.69) is 6.92 Å². The molecule has 0 radical (unpaired) electrons. The van der Waals surface area contributed by atoms with Gasteiger partial charge in [-0.3, -0.25) is 9.59 Å². The normalized spacial score (nSPS) is 50.2. The van der Waals surface area contributed by atoms with Gasteiger partial charge in [-0.1, -0.05) is 25.5 Å². The molecule has 0 aromatic heterocycles. The van der Waals surface area contributed by atoms with Crippen molar-refractivity contribution < 1.29 is 34.4 Å². The summed E-state index contributed by atoms with van der Waals surface area (Å²) in [5.41, 5.74) is -0.600. The Hall–Kier alpha value is -1.38. The van der Waals surface area contributed by atoms with Gasteiger partial charge in [-0.05, 0) is 56.1 Å². The molecule has 4 aliphatic carbocycles. The zero-order chi connectivity index (χ0) is 23.0. The van der Waals surface area contributed by atoms with Crippen LogP contribution in [0.3, 0.4) is 0 Å². The van der Waals surface area contributed by atoms with Gasteiger partial charge in [-0.15, -0.1) is 0 Å². The maximum Gasteiger partial charge on any atom is 0.192 e. The molecule has 7 nitrogen and oxygen atoms in total. The summed E-state index contributed by atoms with van der Waals surface area (Å²) in [5, 5.41) is 31.3. The molecule has 0 amide bonds. The quantitative estimate of drug-likeness (QED) is 0.600. The average Bonchev–Trinajstić information content (AvgIpc) is 3.23. The van der Waals surface area contributed by atoms with Crippen LogP contribution in [0.2, 0.25) is 0 Å². The molecule has 0 aromatic rings. The molecule has 5 rings (SSSR count). The number of hydrogen-bond donors (Lipinski definition) is 3. The van der Waals surface area contributed by atoms with Gasteiger partial charge in [-0.25, -0.2) is 0 Å². The molecule has 11 atom stereocenters. The molecule has 5 aliphatic rings. The number of fused-ring (bicyclic) bond motifs is 7. The van der Waals surface area contributed by atoms with E-state index in [9.17, 15) is 24.9 Å². The lowest BCUT2D eigenvalue weighted by Gasteiger charge is -2.58. The predicted molar refractivity (Wildman–Crippen MR) is 114 cm³/mol. The van der Waals surface area contributed by atoms with Crippen LogP contribution in [-0.2, 0) is 19.1 Å². The summed E-state index contributed by atoms with van der Waals surface area (Å²) in [6.45, 7) is 5.09. The van der Waals surface area contributed by atoms with Crippen LogP contribution < -0.4 is 0 Å². The van der Waals surface area contributed by atoms with Gasteiger partial charge in [0.1, 0.15) is 6.61 Å². The first kappa shape index (κ1) is 22.4. The van der Waals surface area contributed by atoms with Gasteiger partial charge in [-0.2, -0.15) is 0 Å². The highest BCUT2D eigenvalue weighted by atomic mass is 16.7. The van der Waals surface area contributed by atoms with Gasteiger partial charge in [0.05, 0.1) is 18.3 Å². The zero-order valence-corrected chi connectivity index (χ0v) is 18.9. The number of Topliss-reactive ketones (excluding diaryl/α,β-unsaturated/α-hetero) is 1. The van der Waals surface area contributed by atoms with Crippen molar-refractivity contribution >= 4 is 11.6 Å². The highest BCUT2D eigenvalue weighted by molar-refractivity contribution is 6.01. The molecule has 0 aromatic carbocycles. The van der Waals surface area contributed by atoms with E-state index in [1.54, 1.807) is 19.1 Å². The Morgan fingerprint density at radius 2 is 2.06 bits per heavy atom. The number of ether oxygens (including phenoxy) is 2. The lowest BCUT2D eigenvalue weighted by molar-refractivity contribution is -0.190. The van der Waals surface area contributed by atoms with Crippen LogP contribution in [0.5, 0.6) is 0 Å². The van der Waals surface area contributed by atoms with E-state index in [4.69, 9.17) is 9.47 Å². The summed E-state index contributed by atoms with van der Waals surface area (Å²) in [7, 11) is 0. The van der Waals surface area contributed by atoms with Crippen LogP contribution in [0.1, 0.15) is 46.5 Å². The fraction of sp³-hybridized carbons (Fsp3) is 0.760. The van der Waals surface area contributed by atoms with E-state index in [1.165, 1.54) is 0 Å². The molecule has 1 aliphatic heterocycles. The zero-order valence-electron chi connectivity index (χ0n) is 18.9. The van der Waals surface area contributed by atoms with Crippen molar-refractivity contribution in [3.8, 4) is 0 Å². The summed E-state index contributed by atoms with van der Waals surface area (Å²) in [6.07, 6.45) is 5.29. The van der Waals surface area contributed by atoms with E-state index < -0.39 is 48.0 Å². The minimum absolute atomic E-state index is 0.000923. The van der Waals surface area contributed by atoms with Gasteiger partial charge >= 0.3 is 0 Å². The van der Waals surface area contributed by atoms with Gasteiger partial charge < -0.3 is 24.8 Å². The molecule has 1 saturated heterocycles. The number of carbonyl (C=O) groups excluding carboxylic acids is 2. The van der Waals surface area contributed by atoms with E-state index in [0.29, 0.717) is 6.42 Å². The fourth-order valence-electron chi connectivity index (χ4n) is 7.98. The number of hydrogen-bond acceptors (Lipinski definition) is 7. The van der Waals surface area contributed by atoms with Gasteiger partial charge in [0.25, 0.3) is 0 Å². The van der Waals surface area contributed by atoms with Crippen molar-refractivity contribution in [2.24, 2.45) is 35.0 Å². The number of aliphatic hydroxyl groups is 3. The third kappa shape index (κ3) is 2.91. The lowest BCUT2D eigenvalue weighted by atomic mass is 9.47. The maximum atomic E-state index is 13.2. The van der Waals surface area contributed by atoms with E-state index >= 15 is 0 Å². The number of allylic oxidation sites excluding steroid dienone is 4. The second-order valence-corrected chi connectivity index (χ2v) is 10.8. The Labute approximate surface area is 188 Å². The topological polar surface area (TPSA) is 113 Å². The molecule has 176 valence electrons. The summed E-state index contributed by atoms with van der Waals surface area (Å²) in [4.78, 5) is 25.2. The summed E-state index contributed by atoms with van der Waals surface area (Å²) in [5.74, 6) is -0.717. The van der Waals surface area contributed by atoms with E-state index in [-0.39, 0.29) is 41.8 Å². The molecule has 32 heavy (non-hydrogen) atoms. The number of aliphatic hydroxyl groups excluding tert-OH is 3. The Balaban J connectivity index is 1.53. The minimum atomic E-state index is -1.29. The van der Waals surface area contributed by atoms with Gasteiger partial charge in [0, 0.05) is 23.7 Å². The van der Waals surface area contributed by atoms with Crippen LogP contribution in [0.25, 0.3) is 0 Å². The van der Waals surface area contributed by atoms with E-state index in [1.807, 2.05) is 13.0 Å². The molecular formula is C25H34O7. The Morgan fingerprint density at radius 3 is 2.75 bits per heavy atom. The first-order valence-electron chi connectivity index (χ1n) is 11.9. The summed E-state index contributed by atoms with van der Waals surface area (Å²) < 4.78 is 12.4. The monoisotopic (exact) mass is 446 g/mol.